The third-order valence-corrected chi connectivity index (χ3v) is 5.62. The molecule has 0 bridgehead atoms. The van der Waals surface area contributed by atoms with Gasteiger partial charge in [0.05, 0.1) is 5.69 Å². The molecular formula is C22H24N2. The number of fused-ring (bicyclic) bond motifs is 3. The second-order valence-electron chi connectivity index (χ2n) is 7.35. The average Bonchev–Trinajstić information content (AvgIpc) is 3.20. The third-order valence-electron chi connectivity index (χ3n) is 5.62. The fourth-order valence-corrected chi connectivity index (χ4v) is 4.12. The molecule has 1 unspecified atom stereocenters. The van der Waals surface area contributed by atoms with Crippen LogP contribution in [0.2, 0.25) is 0 Å². The molecule has 0 saturated heterocycles. The molecule has 4 rings (SSSR count). The highest BCUT2D eigenvalue weighted by atomic mass is 15.3. The molecule has 24 heavy (non-hydrogen) atoms. The van der Waals surface area contributed by atoms with Crippen molar-refractivity contribution >= 4 is 0 Å². The fraction of sp³-hybridized carbons (Fsp3) is 0.318. The highest BCUT2D eigenvalue weighted by Crippen LogP contribution is 2.52. The van der Waals surface area contributed by atoms with Crippen LogP contribution in [0.4, 0.5) is 0 Å². The first-order valence-electron chi connectivity index (χ1n) is 8.83. The molecular weight excluding hydrogens is 292 g/mol. The van der Waals surface area contributed by atoms with Gasteiger partial charge in [-0.25, -0.2) is 4.68 Å². The quantitative estimate of drug-likeness (QED) is 0.606. The molecule has 2 heteroatoms. The van der Waals surface area contributed by atoms with Crippen molar-refractivity contribution in [1.82, 2.24) is 9.78 Å². The van der Waals surface area contributed by atoms with E-state index < -0.39 is 0 Å². The van der Waals surface area contributed by atoms with E-state index in [9.17, 15) is 0 Å². The van der Waals surface area contributed by atoms with Crippen molar-refractivity contribution < 1.29 is 0 Å². The largest absolute Gasteiger partial charge is 0.241 e. The number of aromatic nitrogens is 2. The van der Waals surface area contributed by atoms with E-state index in [0.29, 0.717) is 5.92 Å². The standard InChI is InChI=1S/C22H24N2/c1-5-15(2)20-19(24-14-8-13-23-24)12-11-18-21(20)16-9-6-7-10-17(16)22(18,3)4/h6-15H,5H2,1-4H3. The Hall–Kier alpha value is -2.35. The van der Waals surface area contributed by atoms with Crippen molar-refractivity contribution in [3.8, 4) is 16.8 Å². The monoisotopic (exact) mass is 316 g/mol. The molecule has 2 aromatic carbocycles. The van der Waals surface area contributed by atoms with Crippen LogP contribution in [0.25, 0.3) is 16.8 Å². The molecule has 122 valence electrons. The minimum absolute atomic E-state index is 0.0524. The van der Waals surface area contributed by atoms with Gasteiger partial charge in [-0.15, -0.1) is 0 Å². The zero-order valence-corrected chi connectivity index (χ0v) is 14.9. The summed E-state index contributed by atoms with van der Waals surface area (Å²) in [5.74, 6) is 0.487. The lowest BCUT2D eigenvalue weighted by atomic mass is 9.81. The van der Waals surface area contributed by atoms with E-state index in [1.807, 2.05) is 23.1 Å². The summed E-state index contributed by atoms with van der Waals surface area (Å²) >= 11 is 0. The second-order valence-corrected chi connectivity index (χ2v) is 7.35. The Morgan fingerprint density at radius 2 is 1.83 bits per heavy atom. The van der Waals surface area contributed by atoms with Crippen LogP contribution in [-0.2, 0) is 5.41 Å². The van der Waals surface area contributed by atoms with Gasteiger partial charge in [0.2, 0.25) is 0 Å². The van der Waals surface area contributed by atoms with Gasteiger partial charge >= 0.3 is 0 Å². The Labute approximate surface area is 144 Å². The summed E-state index contributed by atoms with van der Waals surface area (Å²) in [5, 5.41) is 4.50. The maximum Gasteiger partial charge on any atom is 0.0686 e. The average molecular weight is 316 g/mol. The highest BCUT2D eigenvalue weighted by Gasteiger charge is 2.37. The van der Waals surface area contributed by atoms with Gasteiger partial charge in [-0.05, 0) is 52.3 Å². The van der Waals surface area contributed by atoms with E-state index in [-0.39, 0.29) is 5.41 Å². The van der Waals surface area contributed by atoms with Crippen molar-refractivity contribution in [1.29, 1.82) is 0 Å². The summed E-state index contributed by atoms with van der Waals surface area (Å²) in [4.78, 5) is 0. The fourth-order valence-electron chi connectivity index (χ4n) is 4.12. The van der Waals surface area contributed by atoms with Crippen molar-refractivity contribution in [2.75, 3.05) is 0 Å². The van der Waals surface area contributed by atoms with Crippen LogP contribution in [0.15, 0.2) is 54.9 Å². The van der Waals surface area contributed by atoms with E-state index in [1.54, 1.807) is 0 Å². The first kappa shape index (κ1) is 15.2. The van der Waals surface area contributed by atoms with Crippen molar-refractivity contribution in [2.45, 2.75) is 45.4 Å². The summed E-state index contributed by atoms with van der Waals surface area (Å²) in [6.45, 7) is 9.27. The predicted octanol–water partition coefficient (Wildman–Crippen LogP) is 5.69. The molecule has 2 nitrogen and oxygen atoms in total. The zero-order chi connectivity index (χ0) is 16.9. The number of benzene rings is 2. The van der Waals surface area contributed by atoms with Gasteiger partial charge in [0.1, 0.15) is 0 Å². The molecule has 1 aliphatic carbocycles. The Morgan fingerprint density at radius 1 is 1.04 bits per heavy atom. The molecule has 0 fully saturated rings. The number of nitrogens with zero attached hydrogens (tertiary/aromatic N) is 2. The first-order valence-corrected chi connectivity index (χ1v) is 8.83. The molecule has 0 N–H and O–H groups in total. The minimum Gasteiger partial charge on any atom is -0.241 e. The van der Waals surface area contributed by atoms with Crippen LogP contribution in [0, 0.1) is 0 Å². The van der Waals surface area contributed by atoms with Gasteiger partial charge < -0.3 is 0 Å². The van der Waals surface area contributed by atoms with E-state index in [4.69, 9.17) is 0 Å². The lowest BCUT2D eigenvalue weighted by molar-refractivity contribution is 0.656. The van der Waals surface area contributed by atoms with Crippen LogP contribution in [0.5, 0.6) is 0 Å². The minimum atomic E-state index is 0.0524. The van der Waals surface area contributed by atoms with Gasteiger partial charge in [0, 0.05) is 17.8 Å². The van der Waals surface area contributed by atoms with Gasteiger partial charge in [-0.2, -0.15) is 5.10 Å². The molecule has 0 radical (unpaired) electrons. The van der Waals surface area contributed by atoms with E-state index >= 15 is 0 Å². The molecule has 0 spiro atoms. The van der Waals surface area contributed by atoms with E-state index in [1.165, 1.54) is 33.5 Å². The van der Waals surface area contributed by atoms with Crippen molar-refractivity contribution in [3.05, 3.63) is 71.5 Å². The Bertz CT molecular complexity index is 888. The number of rotatable bonds is 3. The SMILES string of the molecule is CCC(C)c1c(-n2cccn2)ccc2c1-c1ccccc1C2(C)C. The Kier molecular flexibility index (Phi) is 3.38. The topological polar surface area (TPSA) is 17.8 Å². The molecule has 1 heterocycles. The van der Waals surface area contributed by atoms with Crippen molar-refractivity contribution in [3.63, 3.8) is 0 Å². The van der Waals surface area contributed by atoms with Crippen LogP contribution >= 0.6 is 0 Å². The molecule has 3 aromatic rings. The lowest BCUT2D eigenvalue weighted by Gasteiger charge is -2.24. The number of hydrogen-bond acceptors (Lipinski definition) is 1. The van der Waals surface area contributed by atoms with E-state index in [2.05, 4.69) is 69.2 Å². The summed E-state index contributed by atoms with van der Waals surface area (Å²) < 4.78 is 2.01. The third kappa shape index (κ3) is 1.99. The normalized spacial score (nSPS) is 15.8. The second kappa shape index (κ2) is 5.34. The molecule has 0 saturated carbocycles. The van der Waals surface area contributed by atoms with Gasteiger partial charge in [-0.1, -0.05) is 58.0 Å². The summed E-state index contributed by atoms with van der Waals surface area (Å²) in [6.07, 6.45) is 5.01. The van der Waals surface area contributed by atoms with Crippen LogP contribution in [0.3, 0.4) is 0 Å². The predicted molar refractivity (Wildman–Crippen MR) is 99.8 cm³/mol. The van der Waals surface area contributed by atoms with Gasteiger partial charge in [0.15, 0.2) is 0 Å². The molecule has 0 aliphatic heterocycles. The first-order chi connectivity index (χ1) is 11.6. The molecule has 1 aliphatic rings. The maximum absolute atomic E-state index is 4.50. The summed E-state index contributed by atoms with van der Waals surface area (Å²) in [6, 6.07) is 15.4. The summed E-state index contributed by atoms with van der Waals surface area (Å²) in [7, 11) is 0. The van der Waals surface area contributed by atoms with Crippen LogP contribution in [-0.4, -0.2) is 9.78 Å². The summed E-state index contributed by atoms with van der Waals surface area (Å²) in [5.41, 5.74) is 8.38. The molecule has 0 amide bonds. The van der Waals surface area contributed by atoms with Crippen LogP contribution in [0.1, 0.15) is 56.7 Å². The zero-order valence-electron chi connectivity index (χ0n) is 14.9. The van der Waals surface area contributed by atoms with Crippen LogP contribution < -0.4 is 0 Å². The van der Waals surface area contributed by atoms with Crippen molar-refractivity contribution in [2.24, 2.45) is 0 Å². The van der Waals surface area contributed by atoms with Gasteiger partial charge in [0.25, 0.3) is 0 Å². The maximum atomic E-state index is 4.50. The van der Waals surface area contributed by atoms with E-state index in [0.717, 1.165) is 6.42 Å². The lowest BCUT2D eigenvalue weighted by Crippen LogP contribution is -2.15. The highest BCUT2D eigenvalue weighted by molar-refractivity contribution is 5.85. The number of hydrogen-bond donors (Lipinski definition) is 0. The Morgan fingerprint density at radius 3 is 2.54 bits per heavy atom. The molecule has 1 atom stereocenters. The van der Waals surface area contributed by atoms with Gasteiger partial charge in [-0.3, -0.25) is 0 Å². The molecule has 1 aromatic heterocycles. The smallest absolute Gasteiger partial charge is 0.0686 e. The Balaban J connectivity index is 2.09.